The van der Waals surface area contributed by atoms with Crippen molar-refractivity contribution in [1.82, 2.24) is 19.1 Å². The lowest BCUT2D eigenvalue weighted by Crippen LogP contribution is -2.44. The topological polar surface area (TPSA) is 234 Å². The van der Waals surface area contributed by atoms with Gasteiger partial charge in [0.15, 0.2) is 11.2 Å². The van der Waals surface area contributed by atoms with Gasteiger partial charge in [-0.1, -0.05) is 13.8 Å². The minimum Gasteiger partial charge on any atom is -0.458 e. The largest absolute Gasteiger partial charge is 0.458 e. The van der Waals surface area contributed by atoms with E-state index in [-0.39, 0.29) is 110 Å². The lowest BCUT2D eigenvalue weighted by atomic mass is 9.86. The lowest BCUT2D eigenvalue weighted by molar-refractivity contribution is -0.172. The summed E-state index contributed by atoms with van der Waals surface area (Å²) in [7, 11) is 0. The molecule has 0 saturated heterocycles. The van der Waals surface area contributed by atoms with E-state index in [1.54, 1.807) is 71.5 Å². The predicted octanol–water partition coefficient (Wildman–Crippen LogP) is 3.02. The molecule has 0 aliphatic carbocycles. The molecule has 0 saturated carbocycles. The Labute approximate surface area is 361 Å². The van der Waals surface area contributed by atoms with E-state index in [0.29, 0.717) is 44.6 Å². The summed E-state index contributed by atoms with van der Waals surface area (Å²) in [5.74, 6) is -2.42. The van der Waals surface area contributed by atoms with E-state index in [1.165, 1.54) is 0 Å². The molecule has 18 heteroatoms. The molecule has 0 spiro atoms. The molecule has 0 amide bonds. The van der Waals surface area contributed by atoms with Gasteiger partial charge >= 0.3 is 23.9 Å². The van der Waals surface area contributed by atoms with Crippen molar-refractivity contribution in [3.63, 3.8) is 0 Å². The Kier molecular flexibility index (Phi) is 9.78. The maximum Gasteiger partial charge on any atom is 0.343 e. The molecular formula is C46H38N4O14. The summed E-state index contributed by atoms with van der Waals surface area (Å²) in [5, 5.41) is 23.5. The molecule has 0 radical (unpaired) electrons. The van der Waals surface area contributed by atoms with Crippen LogP contribution in [0, 0.1) is 0 Å². The Morgan fingerprint density at radius 3 is 1.47 bits per heavy atom. The zero-order valence-corrected chi connectivity index (χ0v) is 34.4. The SMILES string of the molecule is CCC1(O)C(=O)OCc2c1cc1n(c2=O)Cc2cc3cc(OC(=O)COCCOCC(=O)Oc4ccc5nc6c(cc5c4)Cn4c-6cc5c(c4=O)COC(=O)C5(O)CC)ccc3nc2-1. The average Bonchev–Trinajstić information content (AvgIpc) is 3.83. The predicted molar refractivity (Wildman–Crippen MR) is 222 cm³/mol. The van der Waals surface area contributed by atoms with Crippen molar-refractivity contribution < 1.29 is 57.8 Å². The highest BCUT2D eigenvalue weighted by Gasteiger charge is 2.46. The third-order valence-electron chi connectivity index (χ3n) is 12.2. The van der Waals surface area contributed by atoms with E-state index < -0.39 is 35.1 Å². The van der Waals surface area contributed by atoms with Gasteiger partial charge in [-0.25, -0.2) is 29.1 Å². The number of carbonyl (C=O) groups is 4. The molecule has 10 rings (SSSR count). The van der Waals surface area contributed by atoms with E-state index in [2.05, 4.69) is 0 Å². The Morgan fingerprint density at radius 1 is 0.641 bits per heavy atom. The van der Waals surface area contributed by atoms with Crippen LogP contribution in [0.15, 0.2) is 70.3 Å². The molecule has 6 aromatic rings. The third-order valence-corrected chi connectivity index (χ3v) is 12.2. The first-order chi connectivity index (χ1) is 30.8. The molecule has 2 aromatic carbocycles. The minimum atomic E-state index is -1.92. The van der Waals surface area contributed by atoms with Crippen LogP contribution in [0.5, 0.6) is 11.5 Å². The molecule has 8 heterocycles. The molecule has 0 bridgehead atoms. The van der Waals surface area contributed by atoms with Gasteiger partial charge in [-0.15, -0.1) is 0 Å². The summed E-state index contributed by atoms with van der Waals surface area (Å²) in [4.78, 5) is 86.6. The van der Waals surface area contributed by atoms with Crippen LogP contribution in [0.3, 0.4) is 0 Å². The summed E-state index contributed by atoms with van der Waals surface area (Å²) in [5.41, 5.74) is 1.04. The van der Waals surface area contributed by atoms with Crippen molar-refractivity contribution in [2.24, 2.45) is 0 Å². The van der Waals surface area contributed by atoms with Gasteiger partial charge in [0.2, 0.25) is 0 Å². The van der Waals surface area contributed by atoms with E-state index in [9.17, 15) is 39.0 Å². The first kappa shape index (κ1) is 40.9. The Hall–Kier alpha value is -7.12. The molecule has 64 heavy (non-hydrogen) atoms. The number of aromatic nitrogens is 4. The second kappa shape index (κ2) is 15.3. The van der Waals surface area contributed by atoms with Gasteiger partial charge in [0, 0.05) is 33.0 Å². The van der Waals surface area contributed by atoms with Gasteiger partial charge in [-0.2, -0.15) is 0 Å². The second-order valence-corrected chi connectivity index (χ2v) is 16.0. The molecule has 2 atom stereocenters. The van der Waals surface area contributed by atoms with E-state index in [1.807, 2.05) is 12.1 Å². The maximum atomic E-state index is 13.5. The summed E-state index contributed by atoms with van der Waals surface area (Å²) in [6, 6.07) is 16.8. The summed E-state index contributed by atoms with van der Waals surface area (Å²) >= 11 is 0. The minimum absolute atomic E-state index is 0.0161. The number of rotatable bonds is 11. The highest BCUT2D eigenvalue weighted by molar-refractivity contribution is 5.89. The van der Waals surface area contributed by atoms with Crippen LogP contribution in [0.1, 0.15) is 60.1 Å². The number of aliphatic hydroxyl groups is 2. The zero-order chi connectivity index (χ0) is 44.7. The molecule has 326 valence electrons. The van der Waals surface area contributed by atoms with Gasteiger partial charge in [-0.3, -0.25) is 9.59 Å². The van der Waals surface area contributed by atoms with Gasteiger partial charge in [0.05, 0.1) is 71.2 Å². The van der Waals surface area contributed by atoms with Gasteiger partial charge in [0.1, 0.15) is 37.9 Å². The van der Waals surface area contributed by atoms with Crippen molar-refractivity contribution in [2.75, 3.05) is 26.4 Å². The molecule has 4 aliphatic rings. The third kappa shape index (κ3) is 6.56. The quantitative estimate of drug-likeness (QED) is 0.108. The highest BCUT2D eigenvalue weighted by Crippen LogP contribution is 2.41. The first-order valence-electron chi connectivity index (χ1n) is 20.6. The summed E-state index contributed by atoms with van der Waals surface area (Å²) < 4.78 is 35.1. The summed E-state index contributed by atoms with van der Waals surface area (Å²) in [6.45, 7) is 2.47. The van der Waals surface area contributed by atoms with Crippen molar-refractivity contribution in [3.8, 4) is 34.3 Å². The van der Waals surface area contributed by atoms with Crippen molar-refractivity contribution in [2.45, 2.75) is 64.2 Å². The Balaban J connectivity index is 0.711. The van der Waals surface area contributed by atoms with Crippen molar-refractivity contribution in [3.05, 3.63) is 115 Å². The van der Waals surface area contributed by atoms with Crippen LogP contribution < -0.4 is 20.6 Å². The van der Waals surface area contributed by atoms with Gasteiger partial charge in [-0.05, 0) is 73.5 Å². The standard InChI is InChI=1S/C46H38N4O14/c1-3-45(57)31-15-35-39-25(17-49(35)41(53)29(31)19-61-43(45)55)11-23-13-27(5-7-33(23)47-39)63-37(51)21-59-9-10-60-22-38(52)64-28-6-8-34-24(14-28)12-26-18-50-36(40(26)48-34)16-32-30(42(50)54)20-62-44(56)46(32,58)4-2/h5-8,11-16,57-58H,3-4,9-10,17-22H2,1-2H3. The number of esters is 4. The number of benzene rings is 2. The maximum absolute atomic E-state index is 13.5. The fourth-order valence-corrected chi connectivity index (χ4v) is 8.81. The molecule has 2 unspecified atom stereocenters. The van der Waals surface area contributed by atoms with Crippen LogP contribution in [0.4, 0.5) is 0 Å². The normalized spacial score (nSPS) is 18.9. The fourth-order valence-electron chi connectivity index (χ4n) is 8.81. The van der Waals surface area contributed by atoms with Crippen LogP contribution in [-0.2, 0) is 75.6 Å². The van der Waals surface area contributed by atoms with Crippen molar-refractivity contribution >= 4 is 45.7 Å². The van der Waals surface area contributed by atoms with E-state index in [0.717, 1.165) is 11.1 Å². The second-order valence-electron chi connectivity index (χ2n) is 16.0. The highest BCUT2D eigenvalue weighted by atomic mass is 16.6. The molecule has 0 fully saturated rings. The number of hydrogen-bond donors (Lipinski definition) is 2. The van der Waals surface area contributed by atoms with Gasteiger partial charge in [0.25, 0.3) is 11.1 Å². The number of fused-ring (bicyclic) bond motifs is 10. The number of hydrogen-bond acceptors (Lipinski definition) is 16. The summed E-state index contributed by atoms with van der Waals surface area (Å²) in [6.07, 6.45) is 0.0778. The molecule has 2 N–H and O–H groups in total. The Bertz CT molecular complexity index is 2960. The smallest absolute Gasteiger partial charge is 0.343 e. The van der Waals surface area contributed by atoms with Crippen LogP contribution in [-0.4, -0.2) is 79.6 Å². The monoisotopic (exact) mass is 870 g/mol. The fraction of sp³-hybridized carbons (Fsp3) is 0.304. The Morgan fingerprint density at radius 2 is 1.06 bits per heavy atom. The molecule has 4 aromatic heterocycles. The number of cyclic esters (lactones) is 2. The molecule has 4 aliphatic heterocycles. The number of ether oxygens (including phenoxy) is 6. The average molecular weight is 871 g/mol. The van der Waals surface area contributed by atoms with E-state index >= 15 is 0 Å². The number of pyridine rings is 4. The van der Waals surface area contributed by atoms with E-state index in [4.69, 9.17) is 38.4 Å². The van der Waals surface area contributed by atoms with Crippen LogP contribution in [0.2, 0.25) is 0 Å². The van der Waals surface area contributed by atoms with Crippen LogP contribution in [0.25, 0.3) is 44.6 Å². The molecule has 18 nitrogen and oxygen atoms in total. The first-order valence-corrected chi connectivity index (χ1v) is 20.6. The lowest BCUT2D eigenvalue weighted by Gasteiger charge is -2.31. The number of nitrogens with zero attached hydrogens (tertiary/aromatic N) is 4. The van der Waals surface area contributed by atoms with Crippen LogP contribution >= 0.6 is 0 Å². The van der Waals surface area contributed by atoms with Crippen molar-refractivity contribution in [1.29, 1.82) is 0 Å². The zero-order valence-electron chi connectivity index (χ0n) is 34.4. The van der Waals surface area contributed by atoms with Gasteiger partial charge < -0.3 is 47.8 Å². The molecular weight excluding hydrogens is 833 g/mol. The number of carbonyl (C=O) groups excluding carboxylic acids is 4.